The van der Waals surface area contributed by atoms with E-state index in [0.29, 0.717) is 29.9 Å². The van der Waals surface area contributed by atoms with Crippen molar-refractivity contribution in [3.8, 4) is 23.1 Å². The molecule has 1 saturated heterocycles. The van der Waals surface area contributed by atoms with E-state index in [1.165, 1.54) is 6.33 Å². The highest BCUT2D eigenvalue weighted by Crippen LogP contribution is 2.36. The summed E-state index contributed by atoms with van der Waals surface area (Å²) >= 11 is 0. The highest BCUT2D eigenvalue weighted by molar-refractivity contribution is 5.87. The topological polar surface area (TPSA) is 75.7 Å². The largest absolute Gasteiger partial charge is 0.493 e. The number of ether oxygens (including phenoxy) is 3. The Morgan fingerprint density at radius 3 is 2.71 bits per heavy atom. The number of likely N-dealkylation sites (N-methyl/N-ethyl adjacent to an activating group) is 1. The predicted octanol–water partition coefficient (Wildman–Crippen LogP) is 3.50. The fourth-order valence-corrected chi connectivity index (χ4v) is 3.74. The van der Waals surface area contributed by atoms with Crippen LogP contribution in [0.3, 0.4) is 0 Å². The summed E-state index contributed by atoms with van der Waals surface area (Å²) in [6, 6.07) is 11.6. The first-order chi connectivity index (χ1) is 15.2. The van der Waals surface area contributed by atoms with Crippen molar-refractivity contribution in [2.45, 2.75) is 0 Å². The summed E-state index contributed by atoms with van der Waals surface area (Å²) in [5.74, 6) is 2.47. The molecule has 1 N–H and O–H groups in total. The van der Waals surface area contributed by atoms with Gasteiger partial charge in [0, 0.05) is 49.3 Å². The van der Waals surface area contributed by atoms with Crippen LogP contribution in [0, 0.1) is 0 Å². The number of fused-ring (bicyclic) bond motifs is 2. The Hall–Kier alpha value is -3.36. The zero-order valence-corrected chi connectivity index (χ0v) is 17.7. The summed E-state index contributed by atoms with van der Waals surface area (Å²) in [7, 11) is 3.77. The molecule has 0 spiro atoms. The third-order valence-electron chi connectivity index (χ3n) is 5.62. The molecule has 1 fully saturated rings. The van der Waals surface area contributed by atoms with E-state index in [1.54, 1.807) is 7.11 Å². The first-order valence-corrected chi connectivity index (χ1v) is 10.3. The fraction of sp³-hybridized carbons (Fsp3) is 0.304. The summed E-state index contributed by atoms with van der Waals surface area (Å²) in [6.07, 6.45) is 3.41. The zero-order valence-electron chi connectivity index (χ0n) is 17.7. The summed E-state index contributed by atoms with van der Waals surface area (Å²) in [5.41, 5.74) is 1.80. The molecule has 0 atom stereocenters. The first-order valence-electron chi connectivity index (χ1n) is 10.3. The van der Waals surface area contributed by atoms with Crippen LogP contribution in [-0.2, 0) is 0 Å². The monoisotopic (exact) mass is 419 g/mol. The van der Waals surface area contributed by atoms with Crippen LogP contribution in [0.4, 0.5) is 0 Å². The maximum Gasteiger partial charge on any atom is 0.230 e. The lowest BCUT2D eigenvalue weighted by Gasteiger charge is -2.32. The van der Waals surface area contributed by atoms with Crippen molar-refractivity contribution in [2.75, 3.05) is 47.1 Å². The molecular weight excluding hydrogens is 394 g/mol. The van der Waals surface area contributed by atoms with Crippen LogP contribution in [0.1, 0.15) is 0 Å². The molecule has 5 rings (SSSR count). The number of piperazine rings is 1. The van der Waals surface area contributed by atoms with Gasteiger partial charge >= 0.3 is 0 Å². The molecule has 0 unspecified atom stereocenters. The summed E-state index contributed by atoms with van der Waals surface area (Å²) in [4.78, 5) is 16.6. The normalized spacial score (nSPS) is 15.4. The highest BCUT2D eigenvalue weighted by atomic mass is 16.5. The van der Waals surface area contributed by atoms with Crippen molar-refractivity contribution in [3.05, 3.63) is 48.9 Å². The lowest BCUT2D eigenvalue weighted by molar-refractivity contribution is 0.0747. The van der Waals surface area contributed by atoms with Crippen LogP contribution < -0.4 is 14.2 Å². The van der Waals surface area contributed by atoms with Crippen molar-refractivity contribution < 1.29 is 14.2 Å². The second-order valence-corrected chi connectivity index (χ2v) is 7.72. The molecule has 3 heterocycles. The smallest absolute Gasteiger partial charge is 0.230 e. The van der Waals surface area contributed by atoms with E-state index in [2.05, 4.69) is 31.8 Å². The Morgan fingerprint density at radius 1 is 1.00 bits per heavy atom. The van der Waals surface area contributed by atoms with Gasteiger partial charge < -0.3 is 24.1 Å². The molecule has 2 aromatic heterocycles. The van der Waals surface area contributed by atoms with Crippen LogP contribution >= 0.6 is 0 Å². The maximum atomic E-state index is 6.10. The van der Waals surface area contributed by atoms with Gasteiger partial charge in [0.1, 0.15) is 18.8 Å². The Bertz CT molecular complexity index is 1200. The van der Waals surface area contributed by atoms with E-state index in [4.69, 9.17) is 14.2 Å². The zero-order chi connectivity index (χ0) is 21.2. The second-order valence-electron chi connectivity index (χ2n) is 7.72. The molecule has 31 heavy (non-hydrogen) atoms. The first kappa shape index (κ1) is 19.6. The lowest BCUT2D eigenvalue weighted by atomic mass is 10.2. The molecule has 8 nitrogen and oxygen atoms in total. The van der Waals surface area contributed by atoms with Crippen molar-refractivity contribution >= 4 is 21.8 Å². The number of benzene rings is 2. The van der Waals surface area contributed by atoms with Crippen LogP contribution in [-0.4, -0.2) is 71.8 Å². The van der Waals surface area contributed by atoms with Gasteiger partial charge in [0.15, 0.2) is 11.5 Å². The summed E-state index contributed by atoms with van der Waals surface area (Å²) < 4.78 is 17.8. The van der Waals surface area contributed by atoms with Crippen molar-refractivity contribution in [1.29, 1.82) is 0 Å². The summed E-state index contributed by atoms with van der Waals surface area (Å²) in [5, 5.41) is 1.84. The van der Waals surface area contributed by atoms with Gasteiger partial charge in [0.05, 0.1) is 18.0 Å². The number of methoxy groups -OCH3 is 1. The van der Waals surface area contributed by atoms with Crippen LogP contribution in [0.15, 0.2) is 48.9 Å². The number of aromatic nitrogens is 3. The van der Waals surface area contributed by atoms with Gasteiger partial charge in [-0.25, -0.2) is 9.97 Å². The van der Waals surface area contributed by atoms with E-state index in [0.717, 1.165) is 48.0 Å². The molecule has 0 amide bonds. The van der Waals surface area contributed by atoms with Gasteiger partial charge in [0.25, 0.3) is 0 Å². The molecule has 0 bridgehead atoms. The van der Waals surface area contributed by atoms with E-state index < -0.39 is 0 Å². The maximum absolute atomic E-state index is 6.10. The van der Waals surface area contributed by atoms with Crippen LogP contribution in [0.25, 0.3) is 21.8 Å². The van der Waals surface area contributed by atoms with E-state index in [-0.39, 0.29) is 0 Å². The second kappa shape index (κ2) is 8.41. The Labute approximate surface area is 180 Å². The van der Waals surface area contributed by atoms with Gasteiger partial charge in [-0.2, -0.15) is 0 Å². The molecule has 1 aliphatic heterocycles. The minimum absolute atomic E-state index is 0.476. The Kier molecular flexibility index (Phi) is 5.31. The van der Waals surface area contributed by atoms with Gasteiger partial charge in [-0.1, -0.05) is 0 Å². The van der Waals surface area contributed by atoms with Gasteiger partial charge in [0.2, 0.25) is 5.88 Å². The highest BCUT2D eigenvalue weighted by Gasteiger charge is 2.17. The molecule has 0 saturated carbocycles. The van der Waals surface area contributed by atoms with Crippen LogP contribution in [0.2, 0.25) is 0 Å². The minimum Gasteiger partial charge on any atom is -0.493 e. The molecule has 1 aliphatic rings. The minimum atomic E-state index is 0.476. The molecule has 0 radical (unpaired) electrons. The number of nitrogens with one attached hydrogen (secondary N) is 1. The Balaban J connectivity index is 1.40. The Morgan fingerprint density at radius 2 is 1.87 bits per heavy atom. The predicted molar refractivity (Wildman–Crippen MR) is 119 cm³/mol. The SMILES string of the molecule is COc1cc2c(Oc3ccc4[nH]ccc4c3)ncnc2cc1OCN1CCN(C)CC1. The molecule has 4 aromatic rings. The van der Waals surface area contributed by atoms with Crippen molar-refractivity contribution in [1.82, 2.24) is 24.8 Å². The fourth-order valence-electron chi connectivity index (χ4n) is 3.74. The van der Waals surface area contributed by atoms with Gasteiger partial charge in [-0.15, -0.1) is 0 Å². The number of H-pyrrole nitrogens is 1. The van der Waals surface area contributed by atoms with Gasteiger partial charge in [-0.3, -0.25) is 4.90 Å². The average molecular weight is 419 g/mol. The number of aromatic amines is 1. The molecule has 2 aromatic carbocycles. The van der Waals surface area contributed by atoms with E-state index in [9.17, 15) is 0 Å². The number of rotatable bonds is 6. The third kappa shape index (κ3) is 4.12. The van der Waals surface area contributed by atoms with E-state index >= 15 is 0 Å². The average Bonchev–Trinajstić information content (AvgIpc) is 3.26. The standard InChI is InChI=1S/C23H25N5O3/c1-27-7-9-28(10-8-27)15-30-22-13-20-18(12-21(22)29-2)23(26-14-25-20)31-17-3-4-19-16(11-17)5-6-24-19/h3-6,11-14,24H,7-10,15H2,1-2H3. The number of hydrogen-bond acceptors (Lipinski definition) is 7. The molecule has 160 valence electrons. The quantitative estimate of drug-likeness (QED) is 0.513. The van der Waals surface area contributed by atoms with E-state index in [1.807, 2.05) is 42.6 Å². The molecular formula is C23H25N5O3. The number of hydrogen-bond donors (Lipinski definition) is 1. The number of nitrogens with zero attached hydrogens (tertiary/aromatic N) is 4. The van der Waals surface area contributed by atoms with Gasteiger partial charge in [-0.05, 0) is 37.4 Å². The summed E-state index contributed by atoms with van der Waals surface area (Å²) in [6.45, 7) is 4.57. The van der Waals surface area contributed by atoms with Crippen LogP contribution in [0.5, 0.6) is 23.1 Å². The third-order valence-corrected chi connectivity index (χ3v) is 5.62. The lowest BCUT2D eigenvalue weighted by Crippen LogP contribution is -2.45. The molecule has 0 aliphatic carbocycles. The van der Waals surface area contributed by atoms with Crippen molar-refractivity contribution in [2.24, 2.45) is 0 Å². The molecule has 8 heteroatoms. The van der Waals surface area contributed by atoms with Crippen molar-refractivity contribution in [3.63, 3.8) is 0 Å².